The van der Waals surface area contributed by atoms with Crippen LogP contribution in [0.4, 0.5) is 8.78 Å². The van der Waals surface area contributed by atoms with Crippen molar-refractivity contribution < 1.29 is 43.6 Å². The molecule has 3 aliphatic carbocycles. The number of carbonyl (C=O) groups excluding carboxylic acids is 3. The number of fused-ring (bicyclic) bond motifs is 3. The van der Waals surface area contributed by atoms with Crippen molar-refractivity contribution in [2.45, 2.75) is 43.2 Å². The van der Waals surface area contributed by atoms with Crippen LogP contribution in [0, 0.1) is 11.8 Å². The highest BCUT2D eigenvalue weighted by Crippen LogP contribution is 2.52. The quantitative estimate of drug-likeness (QED) is 0.331. The number of nitrogens with zero attached hydrogens (tertiary/aromatic N) is 2. The Kier molecular flexibility index (Phi) is 7.07. The van der Waals surface area contributed by atoms with Gasteiger partial charge in [0.15, 0.2) is 11.4 Å². The van der Waals surface area contributed by atoms with Crippen molar-refractivity contribution in [3.8, 4) is 5.75 Å². The Bertz CT molecular complexity index is 1420. The average molecular weight is 574 g/mol. The minimum absolute atomic E-state index is 0.00738. The molecule has 1 fully saturated rings. The molecule has 5 rings (SSSR count). The van der Waals surface area contributed by atoms with Gasteiger partial charge in [-0.25, -0.2) is 8.78 Å². The summed E-state index contributed by atoms with van der Waals surface area (Å²) in [6.45, 7) is 0.937. The summed E-state index contributed by atoms with van der Waals surface area (Å²) in [6.07, 6.45) is 3.30. The van der Waals surface area contributed by atoms with Crippen LogP contribution in [0.1, 0.15) is 40.7 Å². The molecule has 1 aromatic rings. The molecular formula is C29H33F2N3O7. The molecule has 0 radical (unpaired) electrons. The highest BCUT2D eigenvalue weighted by atomic mass is 19.3. The highest BCUT2D eigenvalue weighted by Gasteiger charge is 2.63. The maximum Gasteiger partial charge on any atom is 0.255 e. The molecule has 1 heterocycles. The van der Waals surface area contributed by atoms with Crippen molar-refractivity contribution in [1.82, 2.24) is 9.80 Å². The number of primary amides is 1. The molecule has 4 aliphatic rings. The third-order valence-electron chi connectivity index (χ3n) is 8.89. The van der Waals surface area contributed by atoms with Crippen LogP contribution in [0.25, 0.3) is 6.08 Å². The topological polar surface area (TPSA) is 165 Å². The minimum Gasteiger partial charge on any atom is -0.510 e. The van der Waals surface area contributed by atoms with Crippen LogP contribution in [0.15, 0.2) is 40.9 Å². The molecule has 1 aliphatic heterocycles. The predicted octanol–water partition coefficient (Wildman–Crippen LogP) is 1.86. The van der Waals surface area contributed by atoms with Crippen LogP contribution < -0.4 is 5.73 Å². The summed E-state index contributed by atoms with van der Waals surface area (Å²) in [5.41, 5.74) is 2.62. The summed E-state index contributed by atoms with van der Waals surface area (Å²) in [5.74, 6) is -9.66. The molecular weight excluding hydrogens is 540 g/mol. The highest BCUT2D eigenvalue weighted by molar-refractivity contribution is 6.24. The van der Waals surface area contributed by atoms with Gasteiger partial charge in [-0.3, -0.25) is 24.2 Å². The molecule has 0 aromatic heterocycles. The zero-order valence-corrected chi connectivity index (χ0v) is 22.7. The number of halogens is 2. The van der Waals surface area contributed by atoms with E-state index in [0.717, 1.165) is 0 Å². The Morgan fingerprint density at radius 3 is 2.44 bits per heavy atom. The lowest BCUT2D eigenvalue weighted by Crippen LogP contribution is -2.63. The molecule has 4 atom stereocenters. The predicted molar refractivity (Wildman–Crippen MR) is 143 cm³/mol. The fourth-order valence-corrected chi connectivity index (χ4v) is 6.82. The first-order chi connectivity index (χ1) is 19.2. The van der Waals surface area contributed by atoms with Crippen LogP contribution in [0.3, 0.4) is 0 Å². The van der Waals surface area contributed by atoms with E-state index in [1.807, 2.05) is 4.90 Å². The summed E-state index contributed by atoms with van der Waals surface area (Å²) in [7, 11) is 3.13. The number of Topliss-reactive ketones (excluding diaryl/α,β-unsaturated/α-hetero) is 2. The average Bonchev–Trinajstić information content (AvgIpc) is 2.88. The molecule has 1 saturated heterocycles. The van der Waals surface area contributed by atoms with Gasteiger partial charge in [0.1, 0.15) is 22.8 Å². The van der Waals surface area contributed by atoms with E-state index in [0.29, 0.717) is 17.7 Å². The Balaban J connectivity index is 1.53. The van der Waals surface area contributed by atoms with Gasteiger partial charge in [-0.15, -0.1) is 0 Å². The van der Waals surface area contributed by atoms with E-state index >= 15 is 0 Å². The van der Waals surface area contributed by atoms with Crippen molar-refractivity contribution in [1.29, 1.82) is 0 Å². The number of alkyl halides is 2. The lowest BCUT2D eigenvalue weighted by molar-refractivity contribution is -0.148. The number of aliphatic hydroxyl groups excluding tert-OH is 2. The summed E-state index contributed by atoms with van der Waals surface area (Å²) in [4.78, 5) is 42.6. The zero-order valence-electron chi connectivity index (χ0n) is 22.7. The van der Waals surface area contributed by atoms with Gasteiger partial charge in [0.05, 0.1) is 11.6 Å². The molecule has 0 spiro atoms. The lowest BCUT2D eigenvalue weighted by atomic mass is 9.58. The molecule has 0 bridgehead atoms. The smallest absolute Gasteiger partial charge is 0.255 e. The van der Waals surface area contributed by atoms with Gasteiger partial charge in [0, 0.05) is 44.0 Å². The molecule has 41 heavy (non-hydrogen) atoms. The fraction of sp³-hybridized carbons (Fsp3) is 0.483. The number of likely N-dealkylation sites (tertiary alicyclic amines) is 1. The Morgan fingerprint density at radius 2 is 1.83 bits per heavy atom. The number of piperidine rings is 1. The maximum atomic E-state index is 13.8. The van der Waals surface area contributed by atoms with Gasteiger partial charge < -0.3 is 26.2 Å². The Morgan fingerprint density at radius 1 is 1.17 bits per heavy atom. The third-order valence-corrected chi connectivity index (χ3v) is 8.89. The van der Waals surface area contributed by atoms with E-state index in [2.05, 4.69) is 0 Å². The van der Waals surface area contributed by atoms with Crippen LogP contribution >= 0.6 is 0 Å². The van der Waals surface area contributed by atoms with Crippen LogP contribution in [0.5, 0.6) is 5.75 Å². The Labute approximate surface area is 235 Å². The number of hydrogen-bond donors (Lipinski definition) is 5. The van der Waals surface area contributed by atoms with Crippen LogP contribution in [0.2, 0.25) is 0 Å². The van der Waals surface area contributed by atoms with E-state index in [9.17, 15) is 43.6 Å². The number of phenolic OH excluding ortho intramolecular Hbond substituents is 1. The van der Waals surface area contributed by atoms with Gasteiger partial charge in [-0.05, 0) is 50.0 Å². The lowest BCUT2D eigenvalue weighted by Gasteiger charge is -2.50. The van der Waals surface area contributed by atoms with Gasteiger partial charge in [-0.1, -0.05) is 18.2 Å². The standard InChI is InChI=1S/C29H33F2N3O7/c1-33(2)22-17-13-15-12-16-14(4-3-9-34-10-7-28(30,31)8-11-34)5-6-18(35)20(16)23(36)19(15)25(38)29(17,41)26(39)21(24(22)37)27(32)40/h3-6,15,17,22,35,37-38,41H,7-13H2,1-2H3,(H2,32,40)/b4-3+/t15-,17-,22-,29?/m0/s1. The van der Waals surface area contributed by atoms with E-state index in [1.54, 1.807) is 32.3 Å². The monoisotopic (exact) mass is 573 g/mol. The molecule has 1 aromatic carbocycles. The number of benzene rings is 1. The number of phenols is 1. The fourth-order valence-electron chi connectivity index (χ4n) is 6.82. The number of nitrogens with two attached hydrogens (primary N) is 1. The number of rotatable bonds is 5. The number of ketones is 2. The number of aromatic hydroxyl groups is 1. The van der Waals surface area contributed by atoms with E-state index in [1.165, 1.54) is 11.0 Å². The van der Waals surface area contributed by atoms with Crippen molar-refractivity contribution in [2.75, 3.05) is 33.7 Å². The molecule has 0 saturated carbocycles. The van der Waals surface area contributed by atoms with Gasteiger partial charge >= 0.3 is 0 Å². The number of hydrogen-bond acceptors (Lipinski definition) is 9. The second-order valence-corrected chi connectivity index (χ2v) is 11.5. The number of amides is 1. The molecule has 12 heteroatoms. The van der Waals surface area contributed by atoms with Crippen LogP contribution in [-0.2, 0) is 16.0 Å². The summed E-state index contributed by atoms with van der Waals surface area (Å²) >= 11 is 0. The normalized spacial score (nSPS) is 30.0. The first kappa shape index (κ1) is 28.9. The van der Waals surface area contributed by atoms with Crippen molar-refractivity contribution in [2.24, 2.45) is 17.6 Å². The van der Waals surface area contributed by atoms with E-state index in [4.69, 9.17) is 5.73 Å². The van der Waals surface area contributed by atoms with Gasteiger partial charge in [0.2, 0.25) is 5.78 Å². The van der Waals surface area contributed by atoms with Crippen molar-refractivity contribution >= 4 is 23.5 Å². The van der Waals surface area contributed by atoms with Crippen molar-refractivity contribution in [3.05, 3.63) is 57.6 Å². The number of allylic oxidation sites excluding steroid dienone is 1. The summed E-state index contributed by atoms with van der Waals surface area (Å²) in [5, 5.41) is 44.5. The zero-order chi connectivity index (χ0) is 30.0. The van der Waals surface area contributed by atoms with Crippen molar-refractivity contribution in [3.63, 3.8) is 0 Å². The molecule has 1 unspecified atom stereocenters. The van der Waals surface area contributed by atoms with Crippen LogP contribution in [-0.4, -0.2) is 99.0 Å². The van der Waals surface area contributed by atoms with Gasteiger partial charge in [0.25, 0.3) is 11.8 Å². The second kappa shape index (κ2) is 10.0. The molecule has 220 valence electrons. The SMILES string of the molecule is CN(C)[C@@H]1C(O)=C(C(N)=O)C(=O)C2(O)C(O)=C3C(=O)c4c(O)ccc(/C=C/CN5CCC(F)(F)CC5)c4C[C@H]3C[C@@H]12. The Hall–Kier alpha value is -3.61. The molecule has 10 nitrogen and oxygen atoms in total. The maximum absolute atomic E-state index is 13.8. The second-order valence-electron chi connectivity index (χ2n) is 11.5. The molecule has 1 amide bonds. The number of carbonyl (C=O) groups is 3. The first-order valence-electron chi connectivity index (χ1n) is 13.5. The first-order valence-corrected chi connectivity index (χ1v) is 13.5. The van der Waals surface area contributed by atoms with E-state index in [-0.39, 0.29) is 55.7 Å². The summed E-state index contributed by atoms with van der Waals surface area (Å²) in [6, 6.07) is 1.90. The third kappa shape index (κ3) is 4.54. The minimum atomic E-state index is -2.69. The largest absolute Gasteiger partial charge is 0.510 e. The van der Waals surface area contributed by atoms with Gasteiger partial charge in [-0.2, -0.15) is 0 Å². The van der Waals surface area contributed by atoms with E-state index < -0.39 is 64.0 Å². The number of likely N-dealkylation sites (N-methyl/N-ethyl adjacent to an activating group) is 1. The summed E-state index contributed by atoms with van der Waals surface area (Å²) < 4.78 is 27.0. The molecule has 6 N–H and O–H groups in total. The number of aliphatic hydroxyl groups is 3.